The summed E-state index contributed by atoms with van der Waals surface area (Å²) in [5.41, 5.74) is 1.73. The molecule has 0 bridgehead atoms. The number of phenols is 4. The highest BCUT2D eigenvalue weighted by molar-refractivity contribution is 5.78. The number of phenolic OH excluding ortho intramolecular Hbond substituents is 4. The maximum atomic E-state index is 12.8. The van der Waals surface area contributed by atoms with Crippen LogP contribution in [0.1, 0.15) is 54.7 Å². The number of aromatic hydroxyl groups is 4. The lowest BCUT2D eigenvalue weighted by Gasteiger charge is -2.22. The molecular weight excluding hydrogens is 438 g/mol. The molecular formula is C25H33N3O6. The molecule has 9 nitrogen and oxygen atoms in total. The molecule has 3 rings (SSSR count). The highest BCUT2D eigenvalue weighted by atomic mass is 16.3. The summed E-state index contributed by atoms with van der Waals surface area (Å²) in [6.45, 7) is 2.71. The van der Waals surface area contributed by atoms with Gasteiger partial charge in [0, 0.05) is 31.8 Å². The van der Waals surface area contributed by atoms with Crippen molar-refractivity contribution in [1.29, 1.82) is 0 Å². The second-order valence-corrected chi connectivity index (χ2v) is 8.56. The molecule has 7 N–H and O–H groups in total. The largest absolute Gasteiger partial charge is 0.504 e. The van der Waals surface area contributed by atoms with Crippen LogP contribution >= 0.6 is 0 Å². The normalized spacial score (nSPS) is 19.2. The van der Waals surface area contributed by atoms with E-state index in [9.17, 15) is 30.0 Å². The topological polar surface area (TPSA) is 151 Å². The minimum Gasteiger partial charge on any atom is -0.504 e. The molecule has 0 fully saturated rings. The van der Waals surface area contributed by atoms with Crippen molar-refractivity contribution in [2.75, 3.05) is 26.2 Å². The van der Waals surface area contributed by atoms with Crippen molar-refractivity contribution < 1.29 is 30.0 Å². The molecule has 2 aromatic rings. The minimum absolute atomic E-state index is 0.0197. The van der Waals surface area contributed by atoms with Gasteiger partial charge in [-0.05, 0) is 79.7 Å². The van der Waals surface area contributed by atoms with Crippen molar-refractivity contribution in [3.05, 3.63) is 47.0 Å². The van der Waals surface area contributed by atoms with Gasteiger partial charge in [-0.2, -0.15) is 0 Å². The van der Waals surface area contributed by atoms with E-state index in [1.165, 1.54) is 24.3 Å². The lowest BCUT2D eigenvalue weighted by atomic mass is 9.83. The molecule has 9 heteroatoms. The highest BCUT2D eigenvalue weighted by Crippen LogP contribution is 2.39. The Balaban J connectivity index is 1.97. The van der Waals surface area contributed by atoms with Crippen LogP contribution in [0.4, 0.5) is 0 Å². The van der Waals surface area contributed by atoms with Gasteiger partial charge in [0.05, 0.1) is 0 Å². The molecule has 1 heterocycles. The molecule has 1 atom stereocenters. The van der Waals surface area contributed by atoms with E-state index in [0.717, 1.165) is 32.4 Å². The molecule has 1 aliphatic rings. The van der Waals surface area contributed by atoms with E-state index in [4.69, 9.17) is 0 Å². The lowest BCUT2D eigenvalue weighted by molar-refractivity contribution is -0.122. The molecule has 184 valence electrons. The summed E-state index contributed by atoms with van der Waals surface area (Å²) in [6, 6.07) is 7.13. The first kappa shape index (κ1) is 25.2. The molecule has 0 aliphatic carbocycles. The van der Waals surface area contributed by atoms with Gasteiger partial charge in [0.15, 0.2) is 23.0 Å². The van der Waals surface area contributed by atoms with Crippen LogP contribution in [-0.4, -0.2) is 58.4 Å². The third-order valence-corrected chi connectivity index (χ3v) is 5.98. The molecule has 34 heavy (non-hydrogen) atoms. The van der Waals surface area contributed by atoms with Gasteiger partial charge in [0.25, 0.3) is 0 Å². The Morgan fingerprint density at radius 1 is 0.676 bits per heavy atom. The van der Waals surface area contributed by atoms with Gasteiger partial charge in [-0.25, -0.2) is 0 Å². The smallest absolute Gasteiger partial charge is 0.220 e. The van der Waals surface area contributed by atoms with Crippen LogP contribution in [-0.2, 0) is 16.0 Å². The van der Waals surface area contributed by atoms with Gasteiger partial charge >= 0.3 is 0 Å². The van der Waals surface area contributed by atoms with Crippen molar-refractivity contribution >= 4 is 11.8 Å². The third-order valence-electron chi connectivity index (χ3n) is 5.98. The zero-order valence-corrected chi connectivity index (χ0v) is 19.1. The van der Waals surface area contributed by atoms with Gasteiger partial charge < -0.3 is 36.4 Å². The number of hydrogen-bond acceptors (Lipinski definition) is 7. The number of amides is 2. The van der Waals surface area contributed by atoms with E-state index in [2.05, 4.69) is 16.0 Å². The average molecular weight is 472 g/mol. The average Bonchev–Trinajstić information content (AvgIpc) is 2.80. The summed E-state index contributed by atoms with van der Waals surface area (Å²) in [5, 5.41) is 49.3. The first-order valence-corrected chi connectivity index (χ1v) is 11.7. The van der Waals surface area contributed by atoms with E-state index in [1.807, 2.05) is 0 Å². The molecule has 0 aromatic heterocycles. The van der Waals surface area contributed by atoms with Crippen LogP contribution < -0.4 is 16.0 Å². The van der Waals surface area contributed by atoms with Crippen LogP contribution in [0.3, 0.4) is 0 Å². The number of nitrogens with one attached hydrogen (secondary N) is 3. The molecule has 1 aliphatic heterocycles. The molecule has 2 amide bonds. The quantitative estimate of drug-likeness (QED) is 0.314. The number of carbonyl (C=O) groups is 2. The number of benzene rings is 2. The number of rotatable bonds is 1. The maximum absolute atomic E-state index is 12.8. The second-order valence-electron chi connectivity index (χ2n) is 8.56. The van der Waals surface area contributed by atoms with Crippen LogP contribution in [0, 0.1) is 0 Å². The molecule has 0 spiro atoms. The number of aryl methyl sites for hydroxylation is 1. The van der Waals surface area contributed by atoms with E-state index < -0.39 is 5.92 Å². The molecule has 2 aromatic carbocycles. The van der Waals surface area contributed by atoms with Crippen LogP contribution in [0.25, 0.3) is 0 Å². The van der Waals surface area contributed by atoms with E-state index in [1.54, 1.807) is 6.07 Å². The maximum Gasteiger partial charge on any atom is 0.220 e. The predicted molar refractivity (Wildman–Crippen MR) is 127 cm³/mol. The Morgan fingerprint density at radius 3 is 2.12 bits per heavy atom. The van der Waals surface area contributed by atoms with Crippen molar-refractivity contribution in [3.63, 3.8) is 0 Å². The summed E-state index contributed by atoms with van der Waals surface area (Å²) in [6.07, 6.45) is 3.00. The first-order chi connectivity index (χ1) is 16.3. The van der Waals surface area contributed by atoms with Crippen molar-refractivity contribution in [2.45, 2.75) is 44.4 Å². The fourth-order valence-corrected chi connectivity index (χ4v) is 4.10. The molecule has 0 saturated heterocycles. The lowest BCUT2D eigenvalue weighted by Crippen LogP contribution is -2.29. The Labute approximate surface area is 198 Å². The van der Waals surface area contributed by atoms with Gasteiger partial charge in [0.1, 0.15) is 0 Å². The van der Waals surface area contributed by atoms with E-state index in [0.29, 0.717) is 29.8 Å². The van der Waals surface area contributed by atoms with Gasteiger partial charge in [0.2, 0.25) is 11.8 Å². The Kier molecular flexibility index (Phi) is 8.98. The fraction of sp³-hybridized carbons (Fsp3) is 0.440. The minimum atomic E-state index is -0.586. The van der Waals surface area contributed by atoms with Crippen molar-refractivity contribution in [1.82, 2.24) is 16.0 Å². The molecule has 0 unspecified atom stereocenters. The Morgan fingerprint density at radius 2 is 1.32 bits per heavy atom. The SMILES string of the molecule is O=C1CCc2cc(O)c(O)cc2[C@@H](c2ccc(O)c(O)c2)CC(=O)NCCCCNCCCN1. The zero-order valence-electron chi connectivity index (χ0n) is 19.1. The van der Waals surface area contributed by atoms with E-state index >= 15 is 0 Å². The number of carbonyl (C=O) groups excluding carboxylic acids is 2. The predicted octanol–water partition coefficient (Wildman–Crippen LogP) is 1.97. The Hall–Kier alpha value is -3.46. The van der Waals surface area contributed by atoms with Crippen LogP contribution in [0.5, 0.6) is 23.0 Å². The van der Waals surface area contributed by atoms with Gasteiger partial charge in [-0.15, -0.1) is 0 Å². The molecule has 0 saturated carbocycles. The van der Waals surface area contributed by atoms with E-state index in [-0.39, 0.29) is 54.1 Å². The fourth-order valence-electron chi connectivity index (χ4n) is 4.10. The monoisotopic (exact) mass is 471 g/mol. The van der Waals surface area contributed by atoms with Crippen molar-refractivity contribution in [3.8, 4) is 23.0 Å². The van der Waals surface area contributed by atoms with Crippen LogP contribution in [0.2, 0.25) is 0 Å². The summed E-state index contributed by atoms with van der Waals surface area (Å²) in [5.74, 6) is -2.19. The standard InChI is InChI=1S/C25H33N3O6/c29-20-6-4-16(12-21(20)30)19-15-25(34)28-10-2-1-8-26-9-3-11-27-24(33)7-5-17-13-22(31)23(32)14-18(17)19/h4,6,12-14,19,26,29-32H,1-3,5,7-11,15H2,(H,27,33)(H,28,34)/t19-/m1/s1. The first-order valence-electron chi connectivity index (χ1n) is 11.7. The van der Waals surface area contributed by atoms with Gasteiger partial charge in [-0.3, -0.25) is 9.59 Å². The molecule has 0 radical (unpaired) electrons. The summed E-state index contributed by atoms with van der Waals surface area (Å²) in [7, 11) is 0. The highest BCUT2D eigenvalue weighted by Gasteiger charge is 2.24. The zero-order chi connectivity index (χ0) is 24.5. The second kappa shape index (κ2) is 12.1. The summed E-state index contributed by atoms with van der Waals surface area (Å²) < 4.78 is 0. The number of fused-ring (bicyclic) bond motifs is 1. The number of hydrogen-bond donors (Lipinski definition) is 7. The Bertz CT molecular complexity index is 1010. The van der Waals surface area contributed by atoms with Gasteiger partial charge in [-0.1, -0.05) is 6.07 Å². The third kappa shape index (κ3) is 7.02. The summed E-state index contributed by atoms with van der Waals surface area (Å²) in [4.78, 5) is 25.2. The van der Waals surface area contributed by atoms with Crippen LogP contribution in [0.15, 0.2) is 30.3 Å². The summed E-state index contributed by atoms with van der Waals surface area (Å²) >= 11 is 0. The van der Waals surface area contributed by atoms with Crippen molar-refractivity contribution in [2.24, 2.45) is 0 Å².